The summed E-state index contributed by atoms with van der Waals surface area (Å²) in [6.07, 6.45) is 3.65. The van der Waals surface area contributed by atoms with Crippen LogP contribution in [0.5, 0.6) is 5.75 Å². The molecule has 1 rings (SSSR count). The highest BCUT2D eigenvalue weighted by Gasteiger charge is 1.93. The fraction of sp³-hybridized carbons (Fsp3) is 0.182. The number of nitriles is 1. The lowest BCUT2D eigenvalue weighted by atomic mass is 10.2. The van der Waals surface area contributed by atoms with Gasteiger partial charge in [0.2, 0.25) is 0 Å². The van der Waals surface area contributed by atoms with Crippen molar-refractivity contribution in [1.29, 1.82) is 5.26 Å². The Kier molecular flexibility index (Phi) is 4.60. The monoisotopic (exact) mass is 207 g/mol. The molecular formula is C11H10ClNO. The van der Waals surface area contributed by atoms with Gasteiger partial charge in [0.15, 0.2) is 0 Å². The maximum Gasteiger partial charge on any atom is 0.121 e. The number of allylic oxidation sites excluding steroid dienone is 1. The first kappa shape index (κ1) is 10.6. The molecule has 3 heteroatoms. The lowest BCUT2D eigenvalue weighted by Crippen LogP contribution is -1.93. The molecule has 1 aromatic rings. The Morgan fingerprint density at radius 1 is 1.43 bits per heavy atom. The molecule has 0 radical (unpaired) electrons. The molecule has 72 valence electrons. The fourth-order valence-electron chi connectivity index (χ4n) is 0.931. The molecule has 2 nitrogen and oxygen atoms in total. The molecule has 0 bridgehead atoms. The largest absolute Gasteiger partial charge is 0.489 e. The van der Waals surface area contributed by atoms with Crippen LogP contribution >= 0.6 is 11.6 Å². The van der Waals surface area contributed by atoms with E-state index in [1.807, 2.05) is 24.3 Å². The quantitative estimate of drug-likeness (QED) is 0.562. The van der Waals surface area contributed by atoms with Gasteiger partial charge in [-0.1, -0.05) is 18.2 Å². The van der Waals surface area contributed by atoms with Crippen LogP contribution in [-0.4, -0.2) is 12.5 Å². The number of benzene rings is 1. The molecule has 0 aliphatic heterocycles. The zero-order valence-electron chi connectivity index (χ0n) is 7.61. The minimum atomic E-state index is 0.474. The smallest absolute Gasteiger partial charge is 0.121 e. The predicted molar refractivity (Wildman–Crippen MR) is 56.5 cm³/mol. The van der Waals surface area contributed by atoms with Gasteiger partial charge in [0, 0.05) is 5.88 Å². The second-order valence-electron chi connectivity index (χ2n) is 2.58. The van der Waals surface area contributed by atoms with Gasteiger partial charge in [0.05, 0.1) is 11.6 Å². The Morgan fingerprint density at radius 2 is 2.29 bits per heavy atom. The highest BCUT2D eigenvalue weighted by atomic mass is 35.5. The molecule has 0 N–H and O–H groups in total. The van der Waals surface area contributed by atoms with Crippen molar-refractivity contribution in [2.24, 2.45) is 0 Å². The molecule has 0 heterocycles. The SMILES string of the molecule is N#Cc1cccc(OCC=CCCl)c1. The van der Waals surface area contributed by atoms with E-state index >= 15 is 0 Å². The number of rotatable bonds is 4. The van der Waals surface area contributed by atoms with Gasteiger partial charge in [-0.25, -0.2) is 0 Å². The van der Waals surface area contributed by atoms with Crippen molar-refractivity contribution in [1.82, 2.24) is 0 Å². The van der Waals surface area contributed by atoms with Crippen LogP contribution < -0.4 is 4.74 Å². The Bertz CT molecular complexity index is 355. The average molecular weight is 208 g/mol. The topological polar surface area (TPSA) is 33.0 Å². The summed E-state index contributed by atoms with van der Waals surface area (Å²) in [4.78, 5) is 0. The van der Waals surface area contributed by atoms with Gasteiger partial charge in [-0.05, 0) is 18.2 Å². The summed E-state index contributed by atoms with van der Waals surface area (Å²) in [5.41, 5.74) is 0.601. The van der Waals surface area contributed by atoms with Crippen molar-refractivity contribution in [3.63, 3.8) is 0 Å². The van der Waals surface area contributed by atoms with Crippen LogP contribution in [0.15, 0.2) is 36.4 Å². The Hall–Kier alpha value is -1.46. The van der Waals surface area contributed by atoms with Crippen LogP contribution in [0.25, 0.3) is 0 Å². The minimum absolute atomic E-state index is 0.474. The van der Waals surface area contributed by atoms with Crippen molar-refractivity contribution < 1.29 is 4.74 Å². The first-order valence-electron chi connectivity index (χ1n) is 4.20. The molecule has 0 atom stereocenters. The molecule has 0 amide bonds. The first-order valence-corrected chi connectivity index (χ1v) is 4.74. The van der Waals surface area contributed by atoms with E-state index in [-0.39, 0.29) is 0 Å². The summed E-state index contributed by atoms with van der Waals surface area (Å²) < 4.78 is 5.35. The number of hydrogen-bond acceptors (Lipinski definition) is 2. The molecule has 0 saturated carbocycles. The van der Waals surface area contributed by atoms with Crippen molar-refractivity contribution in [2.75, 3.05) is 12.5 Å². The van der Waals surface area contributed by atoms with E-state index in [2.05, 4.69) is 0 Å². The zero-order chi connectivity index (χ0) is 10.2. The second-order valence-corrected chi connectivity index (χ2v) is 2.88. The van der Waals surface area contributed by atoms with Crippen LogP contribution in [0.1, 0.15) is 5.56 Å². The zero-order valence-corrected chi connectivity index (χ0v) is 8.37. The van der Waals surface area contributed by atoms with Gasteiger partial charge >= 0.3 is 0 Å². The normalized spacial score (nSPS) is 10.0. The Balaban J connectivity index is 2.51. The van der Waals surface area contributed by atoms with Gasteiger partial charge in [-0.3, -0.25) is 0 Å². The lowest BCUT2D eigenvalue weighted by Gasteiger charge is -2.02. The summed E-state index contributed by atoms with van der Waals surface area (Å²) in [7, 11) is 0. The predicted octanol–water partition coefficient (Wildman–Crippen LogP) is 2.73. The molecule has 0 aromatic heterocycles. The van der Waals surface area contributed by atoms with Gasteiger partial charge in [-0.15, -0.1) is 11.6 Å². The second kappa shape index (κ2) is 6.06. The molecule has 0 aliphatic rings. The molecular weight excluding hydrogens is 198 g/mol. The maximum absolute atomic E-state index is 8.63. The van der Waals surface area contributed by atoms with Crippen molar-refractivity contribution in [3.8, 4) is 11.8 Å². The van der Waals surface area contributed by atoms with Gasteiger partial charge in [0.1, 0.15) is 12.4 Å². The molecule has 0 saturated heterocycles. The van der Waals surface area contributed by atoms with E-state index < -0.39 is 0 Å². The minimum Gasteiger partial charge on any atom is -0.489 e. The van der Waals surface area contributed by atoms with Gasteiger partial charge < -0.3 is 4.74 Å². The van der Waals surface area contributed by atoms with E-state index in [1.165, 1.54) is 0 Å². The number of halogens is 1. The summed E-state index contributed by atoms with van der Waals surface area (Å²) in [5.74, 6) is 1.19. The van der Waals surface area contributed by atoms with Crippen molar-refractivity contribution in [2.45, 2.75) is 0 Å². The first-order chi connectivity index (χ1) is 6.86. The summed E-state index contributed by atoms with van der Waals surface area (Å²) >= 11 is 5.45. The van der Waals surface area contributed by atoms with E-state index in [0.717, 1.165) is 0 Å². The van der Waals surface area contributed by atoms with E-state index in [0.29, 0.717) is 23.8 Å². The summed E-state index contributed by atoms with van der Waals surface area (Å²) in [6.45, 7) is 0.474. The third-order valence-electron chi connectivity index (χ3n) is 1.57. The molecule has 0 fully saturated rings. The Labute approximate surface area is 88.4 Å². The fourth-order valence-corrected chi connectivity index (χ4v) is 1.06. The van der Waals surface area contributed by atoms with E-state index in [9.17, 15) is 0 Å². The van der Waals surface area contributed by atoms with E-state index in [1.54, 1.807) is 18.2 Å². The summed E-state index contributed by atoms with van der Waals surface area (Å²) in [5, 5.41) is 8.63. The highest BCUT2D eigenvalue weighted by Crippen LogP contribution is 2.12. The van der Waals surface area contributed by atoms with Gasteiger partial charge in [0.25, 0.3) is 0 Å². The third-order valence-corrected chi connectivity index (χ3v) is 1.74. The third kappa shape index (κ3) is 3.51. The number of alkyl halides is 1. The van der Waals surface area contributed by atoms with E-state index in [4.69, 9.17) is 21.6 Å². The molecule has 14 heavy (non-hydrogen) atoms. The van der Waals surface area contributed by atoms with Crippen LogP contribution in [0, 0.1) is 11.3 Å². The number of nitrogens with zero attached hydrogens (tertiary/aromatic N) is 1. The van der Waals surface area contributed by atoms with Crippen LogP contribution in [0.2, 0.25) is 0 Å². The molecule has 0 spiro atoms. The number of ether oxygens (including phenoxy) is 1. The van der Waals surface area contributed by atoms with Crippen LogP contribution in [0.3, 0.4) is 0 Å². The maximum atomic E-state index is 8.63. The Morgan fingerprint density at radius 3 is 3.00 bits per heavy atom. The molecule has 1 aromatic carbocycles. The lowest BCUT2D eigenvalue weighted by molar-refractivity contribution is 0.362. The molecule has 0 aliphatic carbocycles. The molecule has 0 unspecified atom stereocenters. The average Bonchev–Trinajstić information content (AvgIpc) is 2.25. The van der Waals surface area contributed by atoms with Crippen molar-refractivity contribution >= 4 is 11.6 Å². The summed E-state index contributed by atoms with van der Waals surface area (Å²) in [6, 6.07) is 9.10. The van der Waals surface area contributed by atoms with Gasteiger partial charge in [-0.2, -0.15) is 5.26 Å². The van der Waals surface area contributed by atoms with Crippen molar-refractivity contribution in [3.05, 3.63) is 42.0 Å². The highest BCUT2D eigenvalue weighted by molar-refractivity contribution is 6.18. The van der Waals surface area contributed by atoms with Crippen LogP contribution in [-0.2, 0) is 0 Å². The van der Waals surface area contributed by atoms with Crippen LogP contribution in [0.4, 0.5) is 0 Å². The standard InChI is InChI=1S/C11H10ClNO/c12-6-1-2-7-14-11-5-3-4-10(8-11)9-13/h1-5,8H,6-7H2. The number of hydrogen-bond donors (Lipinski definition) is 0.